The Hall–Kier alpha value is -2.69. The third kappa shape index (κ3) is 5.18. The minimum atomic E-state index is 0.0955. The highest BCUT2D eigenvalue weighted by atomic mass is 16.5. The molecular formula is C23H30N2O3. The summed E-state index contributed by atoms with van der Waals surface area (Å²) in [5, 5.41) is 3.22. The van der Waals surface area contributed by atoms with Crippen molar-refractivity contribution in [2.45, 2.75) is 38.6 Å². The van der Waals surface area contributed by atoms with Crippen LogP contribution in [-0.4, -0.2) is 38.8 Å². The first-order valence-corrected chi connectivity index (χ1v) is 10.1. The first-order valence-electron chi connectivity index (χ1n) is 10.1. The Labute approximate surface area is 167 Å². The summed E-state index contributed by atoms with van der Waals surface area (Å²) in [7, 11) is 1.70. The number of ether oxygens (including phenoxy) is 2. The molecule has 1 heterocycles. The van der Waals surface area contributed by atoms with E-state index in [1.807, 2.05) is 49.4 Å². The van der Waals surface area contributed by atoms with Crippen LogP contribution in [0, 0.1) is 0 Å². The molecule has 2 aromatic rings. The fourth-order valence-electron chi connectivity index (χ4n) is 3.76. The molecule has 150 valence electrons. The van der Waals surface area contributed by atoms with E-state index in [0.29, 0.717) is 19.4 Å². The predicted octanol–water partition coefficient (Wildman–Crippen LogP) is 3.81. The fourth-order valence-corrected chi connectivity index (χ4v) is 3.76. The van der Waals surface area contributed by atoms with Crippen LogP contribution in [0.1, 0.15) is 31.7 Å². The standard InChI is InChI=1S/C23H30N2O3/c1-3-28-21-12-6-4-9-18(21)14-15-23(26)24-19-10-8-16-25(17-19)20-11-5-7-13-22(20)27-2/h4-7,9,11-13,19H,3,8,10,14-17H2,1-2H3,(H,24,26). The number of nitrogens with one attached hydrogen (secondary N) is 1. The van der Waals surface area contributed by atoms with Gasteiger partial charge in [-0.05, 0) is 49.9 Å². The third-order valence-corrected chi connectivity index (χ3v) is 5.11. The molecule has 1 atom stereocenters. The molecule has 1 N–H and O–H groups in total. The lowest BCUT2D eigenvalue weighted by atomic mass is 10.0. The number of hydrogen-bond donors (Lipinski definition) is 1. The van der Waals surface area contributed by atoms with Crippen molar-refractivity contribution in [3.63, 3.8) is 0 Å². The number of para-hydroxylation sites is 3. The molecule has 1 fully saturated rings. The van der Waals surface area contributed by atoms with Crippen LogP contribution in [0.5, 0.6) is 11.5 Å². The number of hydrogen-bond acceptors (Lipinski definition) is 4. The molecule has 3 rings (SSSR count). The van der Waals surface area contributed by atoms with E-state index < -0.39 is 0 Å². The van der Waals surface area contributed by atoms with Gasteiger partial charge in [-0.3, -0.25) is 4.79 Å². The van der Waals surface area contributed by atoms with Gasteiger partial charge in [0.05, 0.1) is 19.4 Å². The molecule has 1 saturated heterocycles. The topological polar surface area (TPSA) is 50.8 Å². The molecule has 0 spiro atoms. The summed E-state index contributed by atoms with van der Waals surface area (Å²) in [6, 6.07) is 16.2. The van der Waals surface area contributed by atoms with Crippen LogP contribution < -0.4 is 19.7 Å². The summed E-state index contributed by atoms with van der Waals surface area (Å²) < 4.78 is 11.1. The van der Waals surface area contributed by atoms with Crippen LogP contribution in [0.3, 0.4) is 0 Å². The molecule has 2 aromatic carbocycles. The predicted molar refractivity (Wildman–Crippen MR) is 112 cm³/mol. The number of anilines is 1. The molecule has 0 saturated carbocycles. The van der Waals surface area contributed by atoms with Gasteiger partial charge in [-0.25, -0.2) is 0 Å². The molecule has 0 aromatic heterocycles. The molecule has 5 heteroatoms. The number of amides is 1. The number of methoxy groups -OCH3 is 1. The summed E-state index contributed by atoms with van der Waals surface area (Å²) in [5.41, 5.74) is 2.17. The molecule has 28 heavy (non-hydrogen) atoms. The highest BCUT2D eigenvalue weighted by Crippen LogP contribution is 2.30. The Bertz CT molecular complexity index is 778. The number of benzene rings is 2. The average molecular weight is 383 g/mol. The van der Waals surface area contributed by atoms with Crippen LogP contribution in [0.25, 0.3) is 0 Å². The van der Waals surface area contributed by atoms with E-state index >= 15 is 0 Å². The fraction of sp³-hybridized carbons (Fsp3) is 0.435. The zero-order valence-corrected chi connectivity index (χ0v) is 16.8. The van der Waals surface area contributed by atoms with E-state index in [4.69, 9.17) is 9.47 Å². The van der Waals surface area contributed by atoms with Crippen molar-refractivity contribution in [2.24, 2.45) is 0 Å². The highest BCUT2D eigenvalue weighted by Gasteiger charge is 2.23. The van der Waals surface area contributed by atoms with Gasteiger partial charge in [0.2, 0.25) is 5.91 Å². The number of rotatable bonds is 8. The van der Waals surface area contributed by atoms with Gasteiger partial charge in [-0.2, -0.15) is 0 Å². The van der Waals surface area contributed by atoms with Gasteiger partial charge in [0, 0.05) is 25.6 Å². The molecule has 1 unspecified atom stereocenters. The Morgan fingerprint density at radius 3 is 2.68 bits per heavy atom. The van der Waals surface area contributed by atoms with Crippen molar-refractivity contribution >= 4 is 11.6 Å². The zero-order valence-electron chi connectivity index (χ0n) is 16.8. The number of carbonyl (C=O) groups is 1. The van der Waals surface area contributed by atoms with Gasteiger partial charge in [-0.15, -0.1) is 0 Å². The van der Waals surface area contributed by atoms with Crippen molar-refractivity contribution < 1.29 is 14.3 Å². The van der Waals surface area contributed by atoms with Gasteiger partial charge >= 0.3 is 0 Å². The maximum Gasteiger partial charge on any atom is 0.220 e. The van der Waals surface area contributed by atoms with E-state index in [1.165, 1.54) is 0 Å². The minimum absolute atomic E-state index is 0.0955. The summed E-state index contributed by atoms with van der Waals surface area (Å²) in [4.78, 5) is 14.8. The van der Waals surface area contributed by atoms with Gasteiger partial charge in [-0.1, -0.05) is 30.3 Å². The lowest BCUT2D eigenvalue weighted by molar-refractivity contribution is -0.121. The molecule has 0 radical (unpaired) electrons. The second kappa shape index (κ2) is 10.0. The second-order valence-corrected chi connectivity index (χ2v) is 7.07. The summed E-state index contributed by atoms with van der Waals surface area (Å²) in [6.07, 6.45) is 3.21. The molecule has 0 aliphatic carbocycles. The monoisotopic (exact) mass is 382 g/mol. The van der Waals surface area contributed by atoms with Crippen LogP contribution >= 0.6 is 0 Å². The Kier molecular flexibility index (Phi) is 7.18. The summed E-state index contributed by atoms with van der Waals surface area (Å²) in [6.45, 7) is 4.39. The van der Waals surface area contributed by atoms with Crippen molar-refractivity contribution in [1.82, 2.24) is 5.32 Å². The van der Waals surface area contributed by atoms with Gasteiger partial charge < -0.3 is 19.7 Å². The molecule has 0 bridgehead atoms. The molecule has 5 nitrogen and oxygen atoms in total. The first-order chi connectivity index (χ1) is 13.7. The number of carbonyl (C=O) groups excluding carboxylic acids is 1. The molecular weight excluding hydrogens is 352 g/mol. The second-order valence-electron chi connectivity index (χ2n) is 7.07. The summed E-state index contributed by atoms with van der Waals surface area (Å²) in [5.74, 6) is 1.85. The quantitative estimate of drug-likeness (QED) is 0.754. The van der Waals surface area contributed by atoms with Gasteiger partial charge in [0.1, 0.15) is 11.5 Å². The number of piperidine rings is 1. The van der Waals surface area contributed by atoms with E-state index in [-0.39, 0.29) is 11.9 Å². The van der Waals surface area contributed by atoms with Crippen LogP contribution in [-0.2, 0) is 11.2 Å². The lowest BCUT2D eigenvalue weighted by Gasteiger charge is -2.35. The van der Waals surface area contributed by atoms with Crippen molar-refractivity contribution in [3.8, 4) is 11.5 Å². The Morgan fingerprint density at radius 2 is 1.89 bits per heavy atom. The average Bonchev–Trinajstić information content (AvgIpc) is 2.73. The van der Waals surface area contributed by atoms with Crippen molar-refractivity contribution in [3.05, 3.63) is 54.1 Å². The highest BCUT2D eigenvalue weighted by molar-refractivity contribution is 5.76. The lowest BCUT2D eigenvalue weighted by Crippen LogP contribution is -2.48. The van der Waals surface area contributed by atoms with E-state index in [1.54, 1.807) is 7.11 Å². The number of nitrogens with zero attached hydrogens (tertiary/aromatic N) is 1. The van der Waals surface area contributed by atoms with E-state index in [2.05, 4.69) is 16.3 Å². The largest absolute Gasteiger partial charge is 0.495 e. The third-order valence-electron chi connectivity index (χ3n) is 5.11. The zero-order chi connectivity index (χ0) is 19.8. The van der Waals surface area contributed by atoms with E-state index in [0.717, 1.165) is 48.7 Å². The number of aryl methyl sites for hydroxylation is 1. The van der Waals surface area contributed by atoms with Crippen molar-refractivity contribution in [2.75, 3.05) is 31.7 Å². The van der Waals surface area contributed by atoms with Crippen LogP contribution in [0.4, 0.5) is 5.69 Å². The SMILES string of the molecule is CCOc1ccccc1CCC(=O)NC1CCCN(c2ccccc2OC)C1. The maximum atomic E-state index is 12.5. The Balaban J connectivity index is 1.54. The van der Waals surface area contributed by atoms with Crippen LogP contribution in [0.2, 0.25) is 0 Å². The maximum absolute atomic E-state index is 12.5. The smallest absolute Gasteiger partial charge is 0.220 e. The minimum Gasteiger partial charge on any atom is -0.495 e. The van der Waals surface area contributed by atoms with Gasteiger partial charge in [0.15, 0.2) is 0 Å². The molecule has 1 amide bonds. The van der Waals surface area contributed by atoms with Gasteiger partial charge in [0.25, 0.3) is 0 Å². The Morgan fingerprint density at radius 1 is 1.14 bits per heavy atom. The van der Waals surface area contributed by atoms with Crippen LogP contribution in [0.15, 0.2) is 48.5 Å². The van der Waals surface area contributed by atoms with Crippen molar-refractivity contribution in [1.29, 1.82) is 0 Å². The summed E-state index contributed by atoms with van der Waals surface area (Å²) >= 11 is 0. The van der Waals surface area contributed by atoms with E-state index in [9.17, 15) is 4.79 Å². The molecule has 1 aliphatic heterocycles. The molecule has 1 aliphatic rings. The normalized spacial score (nSPS) is 16.5. The first kappa shape index (κ1) is 20.1.